The molecule has 1 aromatic carbocycles. The predicted octanol–water partition coefficient (Wildman–Crippen LogP) is 3.36. The van der Waals surface area contributed by atoms with Crippen LogP contribution in [0.5, 0.6) is 0 Å². The van der Waals surface area contributed by atoms with Gasteiger partial charge in [-0.05, 0) is 45.9 Å². The third-order valence-corrected chi connectivity index (χ3v) is 2.83. The number of amides is 2. The zero-order valence-electron chi connectivity index (χ0n) is 14.5. The Morgan fingerprint density at radius 3 is 2.48 bits per heavy atom. The first-order chi connectivity index (χ1) is 10.7. The van der Waals surface area contributed by atoms with E-state index in [1.54, 1.807) is 0 Å². The molecule has 0 heterocycles. The number of ether oxygens (including phenoxy) is 1. The summed E-state index contributed by atoms with van der Waals surface area (Å²) < 4.78 is 5.19. The van der Waals surface area contributed by atoms with Crippen LogP contribution >= 0.6 is 0 Å². The minimum absolute atomic E-state index is 0.0136. The standard InChI is InChI=1S/C17H27N3O3/c1-6-15(21)20-14-9-7-8-13(10-14)19-12(2)11-18-16(22)23-17(3,4)5/h7-10,12,19H,6,11H2,1-5H3,(H,18,22)(H,20,21). The first kappa shape index (κ1) is 18.8. The van der Waals surface area contributed by atoms with Crippen LogP contribution in [0.15, 0.2) is 24.3 Å². The lowest BCUT2D eigenvalue weighted by atomic mass is 10.2. The molecule has 0 radical (unpaired) electrons. The molecule has 128 valence electrons. The monoisotopic (exact) mass is 321 g/mol. The predicted molar refractivity (Wildman–Crippen MR) is 92.7 cm³/mol. The molecule has 1 rings (SSSR count). The Hall–Kier alpha value is -2.24. The largest absolute Gasteiger partial charge is 0.444 e. The van der Waals surface area contributed by atoms with Gasteiger partial charge in [-0.15, -0.1) is 0 Å². The van der Waals surface area contributed by atoms with Gasteiger partial charge in [0.15, 0.2) is 0 Å². The summed E-state index contributed by atoms with van der Waals surface area (Å²) in [6, 6.07) is 7.48. The molecule has 1 unspecified atom stereocenters. The van der Waals surface area contributed by atoms with E-state index in [0.717, 1.165) is 11.4 Å². The first-order valence-electron chi connectivity index (χ1n) is 7.83. The number of benzene rings is 1. The second-order valence-electron chi connectivity index (χ2n) is 6.41. The molecule has 2 amide bonds. The van der Waals surface area contributed by atoms with Crippen LogP contribution in [0, 0.1) is 0 Å². The number of anilines is 2. The molecule has 6 nitrogen and oxygen atoms in total. The second-order valence-corrected chi connectivity index (χ2v) is 6.41. The van der Waals surface area contributed by atoms with Crippen molar-refractivity contribution >= 4 is 23.4 Å². The SMILES string of the molecule is CCC(=O)Nc1cccc(NC(C)CNC(=O)OC(C)(C)C)c1. The summed E-state index contributed by atoms with van der Waals surface area (Å²) in [5, 5.41) is 8.80. The van der Waals surface area contributed by atoms with Crippen molar-refractivity contribution in [2.24, 2.45) is 0 Å². The van der Waals surface area contributed by atoms with Crippen molar-refractivity contribution in [2.45, 2.75) is 52.7 Å². The van der Waals surface area contributed by atoms with E-state index < -0.39 is 11.7 Å². The van der Waals surface area contributed by atoms with Gasteiger partial charge >= 0.3 is 6.09 Å². The molecule has 0 saturated carbocycles. The molecule has 0 saturated heterocycles. The third-order valence-electron chi connectivity index (χ3n) is 2.83. The number of hydrogen-bond donors (Lipinski definition) is 3. The summed E-state index contributed by atoms with van der Waals surface area (Å²) >= 11 is 0. The zero-order valence-corrected chi connectivity index (χ0v) is 14.5. The molecule has 23 heavy (non-hydrogen) atoms. The lowest BCUT2D eigenvalue weighted by Crippen LogP contribution is -2.38. The van der Waals surface area contributed by atoms with Gasteiger partial charge in [-0.25, -0.2) is 4.79 Å². The van der Waals surface area contributed by atoms with Crippen LogP contribution in [0.4, 0.5) is 16.2 Å². The summed E-state index contributed by atoms with van der Waals surface area (Å²) in [6.45, 7) is 9.66. The van der Waals surface area contributed by atoms with E-state index in [0.29, 0.717) is 13.0 Å². The normalized spacial score (nSPS) is 12.2. The number of hydrogen-bond acceptors (Lipinski definition) is 4. The fourth-order valence-electron chi connectivity index (χ4n) is 1.82. The second kappa shape index (κ2) is 8.41. The fraction of sp³-hybridized carbons (Fsp3) is 0.529. The number of rotatable bonds is 6. The summed E-state index contributed by atoms with van der Waals surface area (Å²) in [6.07, 6.45) is 0.00328. The van der Waals surface area contributed by atoms with Crippen molar-refractivity contribution in [1.29, 1.82) is 0 Å². The quantitative estimate of drug-likeness (QED) is 0.750. The van der Waals surface area contributed by atoms with Gasteiger partial charge < -0.3 is 20.7 Å². The van der Waals surface area contributed by atoms with Gasteiger partial charge in [0.1, 0.15) is 5.60 Å². The fourth-order valence-corrected chi connectivity index (χ4v) is 1.82. The molecule has 1 aromatic rings. The van der Waals surface area contributed by atoms with Crippen molar-refractivity contribution in [3.05, 3.63) is 24.3 Å². The molecule has 0 spiro atoms. The maximum Gasteiger partial charge on any atom is 0.407 e. The molecular formula is C17H27N3O3. The molecule has 1 atom stereocenters. The Morgan fingerprint density at radius 1 is 1.22 bits per heavy atom. The maximum atomic E-state index is 11.6. The van der Waals surface area contributed by atoms with E-state index in [2.05, 4.69) is 16.0 Å². The Labute approximate surface area is 138 Å². The summed E-state index contributed by atoms with van der Waals surface area (Å²) in [5.41, 5.74) is 1.11. The molecule has 0 bridgehead atoms. The number of alkyl carbamates (subject to hydrolysis) is 1. The van der Waals surface area contributed by atoms with E-state index in [-0.39, 0.29) is 11.9 Å². The van der Waals surface area contributed by atoms with Crippen molar-refractivity contribution in [1.82, 2.24) is 5.32 Å². The number of carbonyl (C=O) groups excluding carboxylic acids is 2. The average Bonchev–Trinajstić information content (AvgIpc) is 2.43. The van der Waals surface area contributed by atoms with E-state index >= 15 is 0 Å². The topological polar surface area (TPSA) is 79.5 Å². The molecular weight excluding hydrogens is 294 g/mol. The van der Waals surface area contributed by atoms with Crippen LogP contribution in [-0.4, -0.2) is 30.2 Å². The molecule has 0 fully saturated rings. The van der Waals surface area contributed by atoms with Crippen molar-refractivity contribution < 1.29 is 14.3 Å². The number of carbonyl (C=O) groups is 2. The van der Waals surface area contributed by atoms with Crippen molar-refractivity contribution in [3.8, 4) is 0 Å². The van der Waals surface area contributed by atoms with Gasteiger partial charge in [0.2, 0.25) is 5.91 Å². The van der Waals surface area contributed by atoms with Crippen molar-refractivity contribution in [2.75, 3.05) is 17.2 Å². The highest BCUT2D eigenvalue weighted by atomic mass is 16.6. The van der Waals surface area contributed by atoms with E-state index in [1.165, 1.54) is 0 Å². The highest BCUT2D eigenvalue weighted by Gasteiger charge is 2.16. The zero-order chi connectivity index (χ0) is 17.5. The van der Waals surface area contributed by atoms with Crippen LogP contribution in [-0.2, 0) is 9.53 Å². The Morgan fingerprint density at radius 2 is 1.87 bits per heavy atom. The van der Waals surface area contributed by atoms with Gasteiger partial charge in [-0.2, -0.15) is 0 Å². The Balaban J connectivity index is 2.48. The van der Waals surface area contributed by atoms with Gasteiger partial charge in [-0.1, -0.05) is 13.0 Å². The average molecular weight is 321 g/mol. The van der Waals surface area contributed by atoms with Crippen LogP contribution in [0.3, 0.4) is 0 Å². The van der Waals surface area contributed by atoms with Crippen LogP contribution < -0.4 is 16.0 Å². The van der Waals surface area contributed by atoms with Gasteiger partial charge in [0.25, 0.3) is 0 Å². The highest BCUT2D eigenvalue weighted by molar-refractivity contribution is 5.90. The minimum Gasteiger partial charge on any atom is -0.444 e. The van der Waals surface area contributed by atoms with E-state index in [1.807, 2.05) is 58.9 Å². The lowest BCUT2D eigenvalue weighted by molar-refractivity contribution is -0.115. The highest BCUT2D eigenvalue weighted by Crippen LogP contribution is 2.16. The van der Waals surface area contributed by atoms with E-state index in [4.69, 9.17) is 4.74 Å². The molecule has 3 N–H and O–H groups in total. The molecule has 0 aliphatic carbocycles. The Bertz CT molecular complexity index is 538. The minimum atomic E-state index is -0.507. The molecule has 0 aliphatic rings. The third kappa shape index (κ3) is 8.09. The van der Waals surface area contributed by atoms with Crippen LogP contribution in [0.25, 0.3) is 0 Å². The van der Waals surface area contributed by atoms with Gasteiger partial charge in [0, 0.05) is 30.4 Å². The van der Waals surface area contributed by atoms with Crippen LogP contribution in [0.2, 0.25) is 0 Å². The molecule has 6 heteroatoms. The van der Waals surface area contributed by atoms with Gasteiger partial charge in [0.05, 0.1) is 0 Å². The molecule has 0 aliphatic heterocycles. The summed E-state index contributed by atoms with van der Waals surface area (Å²) in [4.78, 5) is 23.0. The lowest BCUT2D eigenvalue weighted by Gasteiger charge is -2.21. The van der Waals surface area contributed by atoms with Crippen molar-refractivity contribution in [3.63, 3.8) is 0 Å². The molecule has 0 aromatic heterocycles. The van der Waals surface area contributed by atoms with E-state index in [9.17, 15) is 9.59 Å². The summed E-state index contributed by atoms with van der Waals surface area (Å²) in [7, 11) is 0. The summed E-state index contributed by atoms with van der Waals surface area (Å²) in [5.74, 6) is -0.0261. The Kier molecular flexibility index (Phi) is 6.88. The van der Waals surface area contributed by atoms with Crippen LogP contribution in [0.1, 0.15) is 41.0 Å². The smallest absolute Gasteiger partial charge is 0.407 e. The van der Waals surface area contributed by atoms with Gasteiger partial charge in [-0.3, -0.25) is 4.79 Å². The number of nitrogens with one attached hydrogen (secondary N) is 3. The first-order valence-corrected chi connectivity index (χ1v) is 7.83. The maximum absolute atomic E-state index is 11.6.